The highest BCUT2D eigenvalue weighted by Crippen LogP contribution is 2.37. The van der Waals surface area contributed by atoms with Gasteiger partial charge in [0.2, 0.25) is 5.91 Å². The van der Waals surface area contributed by atoms with E-state index in [1.165, 1.54) is 11.2 Å². The number of hydrogen-bond acceptors (Lipinski definition) is 5. The van der Waals surface area contributed by atoms with E-state index in [4.69, 9.17) is 9.15 Å². The van der Waals surface area contributed by atoms with Gasteiger partial charge in [0, 0.05) is 25.8 Å². The number of anilines is 2. The molecule has 1 N–H and O–H groups in total. The van der Waals surface area contributed by atoms with E-state index in [0.29, 0.717) is 23.6 Å². The zero-order valence-corrected chi connectivity index (χ0v) is 20.6. The van der Waals surface area contributed by atoms with Crippen LogP contribution in [0.5, 0.6) is 5.75 Å². The Balaban J connectivity index is 1.84. The number of rotatable bonds is 9. The Kier molecular flexibility index (Phi) is 7.75. The molecule has 35 heavy (non-hydrogen) atoms. The van der Waals surface area contributed by atoms with Crippen molar-refractivity contribution in [2.75, 3.05) is 30.5 Å². The molecule has 2 amide bonds. The highest BCUT2D eigenvalue weighted by molar-refractivity contribution is 6.09. The molecule has 1 aliphatic carbocycles. The Hall–Kier alpha value is -3.74. The van der Waals surface area contributed by atoms with Gasteiger partial charge in [0.25, 0.3) is 5.91 Å². The quantitative estimate of drug-likeness (QED) is 0.461. The zero-order chi connectivity index (χ0) is 24.8. The molecule has 0 bridgehead atoms. The van der Waals surface area contributed by atoms with E-state index in [1.807, 2.05) is 68.4 Å². The summed E-state index contributed by atoms with van der Waals surface area (Å²) in [6, 6.07) is 17.5. The minimum absolute atomic E-state index is 0.105. The summed E-state index contributed by atoms with van der Waals surface area (Å²) in [7, 11) is 3.93. The Morgan fingerprint density at radius 3 is 2.37 bits per heavy atom. The van der Waals surface area contributed by atoms with E-state index < -0.39 is 11.9 Å². The lowest BCUT2D eigenvalue weighted by atomic mass is 10.0. The number of nitrogens with one attached hydrogen (secondary N) is 1. The largest absolute Gasteiger partial charge is 0.492 e. The number of ether oxygens (including phenoxy) is 1. The number of nitrogens with zero attached hydrogens (tertiary/aromatic N) is 2. The fraction of sp³-hybridized carbons (Fsp3) is 0.357. The van der Waals surface area contributed by atoms with E-state index in [1.54, 1.807) is 18.2 Å². The van der Waals surface area contributed by atoms with E-state index in [0.717, 1.165) is 31.4 Å². The summed E-state index contributed by atoms with van der Waals surface area (Å²) in [6.45, 7) is 2.32. The second-order valence-electron chi connectivity index (χ2n) is 8.93. The van der Waals surface area contributed by atoms with Gasteiger partial charge in [-0.1, -0.05) is 37.1 Å². The predicted molar refractivity (Wildman–Crippen MR) is 137 cm³/mol. The summed E-state index contributed by atoms with van der Waals surface area (Å²) in [4.78, 5) is 31.3. The van der Waals surface area contributed by atoms with Gasteiger partial charge < -0.3 is 19.4 Å². The summed E-state index contributed by atoms with van der Waals surface area (Å²) in [5.74, 6) is 0.0458. The third kappa shape index (κ3) is 5.50. The SMILES string of the molecule is CCOc1ccccc1N(C(=O)c1ccco1)[C@H](C(=O)NC1CCCC1)c1ccc(N(C)C)cc1. The van der Waals surface area contributed by atoms with Crippen LogP contribution >= 0.6 is 0 Å². The number of benzene rings is 2. The molecule has 0 saturated heterocycles. The van der Waals surface area contributed by atoms with Gasteiger partial charge in [0.1, 0.15) is 11.8 Å². The lowest BCUT2D eigenvalue weighted by molar-refractivity contribution is -0.123. The summed E-state index contributed by atoms with van der Waals surface area (Å²) in [5, 5.41) is 3.20. The lowest BCUT2D eigenvalue weighted by Gasteiger charge is -2.33. The average molecular weight is 476 g/mol. The first-order valence-electron chi connectivity index (χ1n) is 12.2. The standard InChI is InChI=1S/C28H33N3O4/c1-4-34-24-13-8-7-12-23(24)31(28(33)25-14-9-19-35-25)26(27(32)29-21-10-5-6-11-21)20-15-17-22(18-16-20)30(2)3/h7-9,12-19,21,26H,4-6,10-11H2,1-3H3,(H,29,32)/t26-/m0/s1. The van der Waals surface area contributed by atoms with Crippen LogP contribution in [0.4, 0.5) is 11.4 Å². The third-order valence-electron chi connectivity index (χ3n) is 6.31. The lowest BCUT2D eigenvalue weighted by Crippen LogP contribution is -2.46. The summed E-state index contributed by atoms with van der Waals surface area (Å²) < 4.78 is 11.3. The van der Waals surface area contributed by atoms with Gasteiger partial charge in [0.15, 0.2) is 5.76 Å². The van der Waals surface area contributed by atoms with Crippen LogP contribution in [-0.2, 0) is 4.79 Å². The molecular weight excluding hydrogens is 442 g/mol. The Labute approximate surface area is 206 Å². The van der Waals surface area contributed by atoms with Crippen molar-refractivity contribution in [2.45, 2.75) is 44.7 Å². The maximum Gasteiger partial charge on any atom is 0.295 e. The molecule has 1 heterocycles. The Morgan fingerprint density at radius 2 is 1.74 bits per heavy atom. The average Bonchev–Trinajstić information content (AvgIpc) is 3.58. The fourth-order valence-corrected chi connectivity index (χ4v) is 4.54. The highest BCUT2D eigenvalue weighted by atomic mass is 16.5. The van der Waals surface area contributed by atoms with Crippen molar-refractivity contribution < 1.29 is 18.7 Å². The summed E-state index contributed by atoms with van der Waals surface area (Å²) in [5.41, 5.74) is 2.22. The van der Waals surface area contributed by atoms with E-state index >= 15 is 0 Å². The van der Waals surface area contributed by atoms with Gasteiger partial charge in [-0.05, 0) is 61.7 Å². The van der Waals surface area contributed by atoms with Crippen molar-refractivity contribution in [3.63, 3.8) is 0 Å². The maximum atomic E-state index is 13.9. The van der Waals surface area contributed by atoms with Crippen LogP contribution in [0.25, 0.3) is 0 Å². The molecule has 1 fully saturated rings. The number of amides is 2. The molecule has 0 radical (unpaired) electrons. The van der Waals surface area contributed by atoms with Crippen molar-refractivity contribution in [3.8, 4) is 5.75 Å². The van der Waals surface area contributed by atoms with Gasteiger partial charge in [0.05, 0.1) is 18.6 Å². The highest BCUT2D eigenvalue weighted by Gasteiger charge is 2.37. The topological polar surface area (TPSA) is 75.0 Å². The molecule has 0 aliphatic heterocycles. The molecule has 184 valence electrons. The molecule has 3 aromatic rings. The van der Waals surface area contributed by atoms with Crippen LogP contribution < -0.4 is 19.9 Å². The molecule has 1 atom stereocenters. The van der Waals surface area contributed by atoms with Crippen molar-refractivity contribution in [3.05, 3.63) is 78.3 Å². The van der Waals surface area contributed by atoms with Gasteiger partial charge in [-0.2, -0.15) is 0 Å². The van der Waals surface area contributed by atoms with Crippen LogP contribution in [0.2, 0.25) is 0 Å². The fourth-order valence-electron chi connectivity index (χ4n) is 4.54. The second kappa shape index (κ2) is 11.1. The monoisotopic (exact) mass is 475 g/mol. The number of furan rings is 1. The normalized spacial score (nSPS) is 14.4. The molecular formula is C28H33N3O4. The molecule has 2 aromatic carbocycles. The first-order chi connectivity index (χ1) is 17.0. The second-order valence-corrected chi connectivity index (χ2v) is 8.93. The minimum Gasteiger partial charge on any atom is -0.492 e. The number of carbonyl (C=O) groups excluding carboxylic acids is 2. The maximum absolute atomic E-state index is 13.9. The number of para-hydroxylation sites is 2. The summed E-state index contributed by atoms with van der Waals surface area (Å²) in [6.07, 6.45) is 5.53. The van der Waals surface area contributed by atoms with Gasteiger partial charge >= 0.3 is 0 Å². The van der Waals surface area contributed by atoms with Crippen LogP contribution in [0, 0.1) is 0 Å². The van der Waals surface area contributed by atoms with Crippen LogP contribution in [0.3, 0.4) is 0 Å². The van der Waals surface area contributed by atoms with Crippen molar-refractivity contribution in [1.82, 2.24) is 5.32 Å². The molecule has 1 aromatic heterocycles. The Bertz CT molecular complexity index is 1120. The van der Waals surface area contributed by atoms with Gasteiger partial charge in [-0.3, -0.25) is 14.5 Å². The van der Waals surface area contributed by atoms with E-state index in [-0.39, 0.29) is 17.7 Å². The summed E-state index contributed by atoms with van der Waals surface area (Å²) >= 11 is 0. The van der Waals surface area contributed by atoms with Gasteiger partial charge in [-0.15, -0.1) is 0 Å². The van der Waals surface area contributed by atoms with E-state index in [2.05, 4.69) is 5.32 Å². The molecule has 1 aliphatic rings. The third-order valence-corrected chi connectivity index (χ3v) is 6.31. The van der Waals surface area contributed by atoms with Crippen molar-refractivity contribution >= 4 is 23.2 Å². The van der Waals surface area contributed by atoms with Crippen LogP contribution in [0.15, 0.2) is 71.3 Å². The molecule has 7 heteroatoms. The minimum atomic E-state index is -0.911. The van der Waals surface area contributed by atoms with Crippen molar-refractivity contribution in [2.24, 2.45) is 0 Å². The Morgan fingerprint density at radius 1 is 1.03 bits per heavy atom. The number of carbonyl (C=O) groups is 2. The van der Waals surface area contributed by atoms with Gasteiger partial charge in [-0.25, -0.2) is 0 Å². The molecule has 0 spiro atoms. The first kappa shape index (κ1) is 24.4. The predicted octanol–water partition coefficient (Wildman–Crippen LogP) is 5.19. The number of hydrogen-bond donors (Lipinski definition) is 1. The zero-order valence-electron chi connectivity index (χ0n) is 20.6. The van der Waals surface area contributed by atoms with Crippen LogP contribution in [-0.4, -0.2) is 38.6 Å². The first-order valence-corrected chi connectivity index (χ1v) is 12.2. The smallest absolute Gasteiger partial charge is 0.295 e. The molecule has 0 unspecified atom stereocenters. The van der Waals surface area contributed by atoms with E-state index in [9.17, 15) is 9.59 Å². The van der Waals surface area contributed by atoms with Crippen molar-refractivity contribution in [1.29, 1.82) is 0 Å². The molecule has 4 rings (SSSR count). The molecule has 7 nitrogen and oxygen atoms in total. The van der Waals surface area contributed by atoms with Crippen LogP contribution in [0.1, 0.15) is 54.8 Å². The molecule has 1 saturated carbocycles.